The molecule has 1 aromatic carbocycles. The minimum atomic E-state index is -3.06. The minimum absolute atomic E-state index is 0.285. The summed E-state index contributed by atoms with van der Waals surface area (Å²) in [6.07, 6.45) is 1.67. The van der Waals surface area contributed by atoms with E-state index < -0.39 is 10.0 Å². The fourth-order valence-corrected chi connectivity index (χ4v) is 4.45. The third kappa shape index (κ3) is 3.98. The molecule has 118 valence electrons. The maximum atomic E-state index is 12.2. The average molecular weight is 310 g/mol. The number of anilines is 1. The molecule has 0 unspecified atom stereocenters. The van der Waals surface area contributed by atoms with Crippen molar-refractivity contribution in [1.29, 1.82) is 0 Å². The summed E-state index contributed by atoms with van der Waals surface area (Å²) in [5.74, 6) is 0.285. The van der Waals surface area contributed by atoms with Crippen LogP contribution in [0.2, 0.25) is 0 Å². The van der Waals surface area contributed by atoms with Gasteiger partial charge in [0.2, 0.25) is 10.0 Å². The summed E-state index contributed by atoms with van der Waals surface area (Å²) in [6.45, 7) is 8.97. The smallest absolute Gasteiger partial charge is 0.214 e. The lowest BCUT2D eigenvalue weighted by Crippen LogP contribution is -2.49. The number of nitrogens with zero attached hydrogens (tertiary/aromatic N) is 2. The SMILES string of the molecule is CCCCS(=O)(=O)N1CCN(c2ccc(C)cc2C)CC1. The number of piperazine rings is 1. The van der Waals surface area contributed by atoms with Gasteiger partial charge in [0, 0.05) is 31.9 Å². The van der Waals surface area contributed by atoms with Crippen molar-refractivity contribution in [3.63, 3.8) is 0 Å². The van der Waals surface area contributed by atoms with Crippen LogP contribution in [0.3, 0.4) is 0 Å². The summed E-state index contributed by atoms with van der Waals surface area (Å²) < 4.78 is 26.1. The molecule has 0 radical (unpaired) electrons. The van der Waals surface area contributed by atoms with Gasteiger partial charge in [0.15, 0.2) is 0 Å². The molecule has 0 spiro atoms. The molecule has 1 aliphatic heterocycles. The van der Waals surface area contributed by atoms with Crippen molar-refractivity contribution in [2.24, 2.45) is 0 Å². The number of rotatable bonds is 5. The first kappa shape index (κ1) is 16.3. The lowest BCUT2D eigenvalue weighted by atomic mass is 10.1. The molecule has 5 heteroatoms. The van der Waals surface area contributed by atoms with Gasteiger partial charge in [-0.05, 0) is 31.9 Å². The zero-order valence-corrected chi connectivity index (χ0v) is 14.1. The van der Waals surface area contributed by atoms with Crippen LogP contribution in [0.15, 0.2) is 18.2 Å². The Hall–Kier alpha value is -1.07. The van der Waals surface area contributed by atoms with Gasteiger partial charge in [-0.25, -0.2) is 8.42 Å². The molecule has 1 heterocycles. The summed E-state index contributed by atoms with van der Waals surface area (Å²) in [5.41, 5.74) is 3.75. The zero-order chi connectivity index (χ0) is 15.5. The molecule has 1 fully saturated rings. The molecule has 4 nitrogen and oxygen atoms in total. The van der Waals surface area contributed by atoms with Crippen molar-refractivity contribution in [2.75, 3.05) is 36.8 Å². The first-order chi connectivity index (χ1) is 9.94. The van der Waals surface area contributed by atoms with Gasteiger partial charge >= 0.3 is 0 Å². The molecule has 1 aliphatic rings. The number of unbranched alkanes of at least 4 members (excludes halogenated alkanes) is 1. The summed E-state index contributed by atoms with van der Waals surface area (Å²) >= 11 is 0. The number of hydrogen-bond donors (Lipinski definition) is 0. The van der Waals surface area contributed by atoms with Crippen LogP contribution in [-0.4, -0.2) is 44.7 Å². The van der Waals surface area contributed by atoms with E-state index in [-0.39, 0.29) is 5.75 Å². The molecule has 0 aromatic heterocycles. The predicted octanol–water partition coefficient (Wildman–Crippen LogP) is 2.56. The quantitative estimate of drug-likeness (QED) is 0.839. The van der Waals surface area contributed by atoms with Crippen LogP contribution in [0.25, 0.3) is 0 Å². The van der Waals surface area contributed by atoms with Gasteiger partial charge in [0.25, 0.3) is 0 Å². The molecule has 21 heavy (non-hydrogen) atoms. The third-order valence-corrected chi connectivity index (χ3v) is 6.04. The Kier molecular flexibility index (Phi) is 5.27. The number of benzene rings is 1. The second-order valence-electron chi connectivity index (χ2n) is 5.85. The molecule has 1 saturated heterocycles. The molecule has 0 atom stereocenters. The standard InChI is InChI=1S/C16H26N2O2S/c1-4-5-12-21(19,20)18-10-8-17(9-11-18)16-7-6-14(2)13-15(16)3/h6-7,13H,4-5,8-12H2,1-3H3. The average Bonchev–Trinajstić information content (AvgIpc) is 2.45. The molecule has 1 aromatic rings. The van der Waals surface area contributed by atoms with Crippen molar-refractivity contribution in [1.82, 2.24) is 4.31 Å². The fraction of sp³-hybridized carbons (Fsp3) is 0.625. The van der Waals surface area contributed by atoms with Gasteiger partial charge in [-0.15, -0.1) is 0 Å². The van der Waals surface area contributed by atoms with Crippen LogP contribution in [-0.2, 0) is 10.0 Å². The molecule has 0 saturated carbocycles. The Balaban J connectivity index is 2.00. The van der Waals surface area contributed by atoms with Crippen LogP contribution < -0.4 is 4.90 Å². The molecule has 0 N–H and O–H groups in total. The Bertz CT molecular complexity index is 576. The fourth-order valence-electron chi connectivity index (χ4n) is 2.82. The molecular formula is C16H26N2O2S. The molecular weight excluding hydrogens is 284 g/mol. The van der Waals surface area contributed by atoms with E-state index in [0.717, 1.165) is 25.9 Å². The van der Waals surface area contributed by atoms with E-state index in [1.165, 1.54) is 16.8 Å². The van der Waals surface area contributed by atoms with Gasteiger partial charge in [-0.1, -0.05) is 31.0 Å². The van der Waals surface area contributed by atoms with Crippen LogP contribution in [0.5, 0.6) is 0 Å². The highest BCUT2D eigenvalue weighted by atomic mass is 32.2. The molecule has 0 amide bonds. The van der Waals surface area contributed by atoms with Crippen molar-refractivity contribution in [3.8, 4) is 0 Å². The minimum Gasteiger partial charge on any atom is -0.369 e. The highest BCUT2D eigenvalue weighted by Gasteiger charge is 2.26. The second-order valence-corrected chi connectivity index (χ2v) is 7.93. The normalized spacial score (nSPS) is 17.2. The zero-order valence-electron chi connectivity index (χ0n) is 13.3. The van der Waals surface area contributed by atoms with E-state index >= 15 is 0 Å². The number of sulfonamides is 1. The van der Waals surface area contributed by atoms with Crippen molar-refractivity contribution < 1.29 is 8.42 Å². The largest absolute Gasteiger partial charge is 0.369 e. The van der Waals surface area contributed by atoms with E-state index in [4.69, 9.17) is 0 Å². The number of aryl methyl sites for hydroxylation is 2. The van der Waals surface area contributed by atoms with Crippen LogP contribution in [0, 0.1) is 13.8 Å². The van der Waals surface area contributed by atoms with Gasteiger partial charge in [-0.2, -0.15) is 4.31 Å². The Morgan fingerprint density at radius 1 is 1.10 bits per heavy atom. The molecule has 2 rings (SSSR count). The van der Waals surface area contributed by atoms with Crippen LogP contribution in [0.1, 0.15) is 30.9 Å². The molecule has 0 aliphatic carbocycles. The summed E-state index contributed by atoms with van der Waals surface area (Å²) in [6, 6.07) is 6.44. The van der Waals surface area contributed by atoms with E-state index in [1.54, 1.807) is 4.31 Å². The van der Waals surface area contributed by atoms with Gasteiger partial charge in [0.1, 0.15) is 0 Å². The Labute approximate surface area is 128 Å². The monoisotopic (exact) mass is 310 g/mol. The first-order valence-electron chi connectivity index (χ1n) is 7.74. The van der Waals surface area contributed by atoms with Gasteiger partial charge < -0.3 is 4.90 Å². The summed E-state index contributed by atoms with van der Waals surface area (Å²) in [4.78, 5) is 2.29. The highest BCUT2D eigenvalue weighted by molar-refractivity contribution is 7.89. The first-order valence-corrected chi connectivity index (χ1v) is 9.35. The summed E-state index contributed by atoms with van der Waals surface area (Å²) in [7, 11) is -3.06. The Morgan fingerprint density at radius 2 is 1.76 bits per heavy atom. The maximum Gasteiger partial charge on any atom is 0.214 e. The van der Waals surface area contributed by atoms with E-state index in [0.29, 0.717) is 13.1 Å². The lowest BCUT2D eigenvalue weighted by Gasteiger charge is -2.36. The van der Waals surface area contributed by atoms with Crippen LogP contribution in [0.4, 0.5) is 5.69 Å². The summed E-state index contributed by atoms with van der Waals surface area (Å²) in [5, 5.41) is 0. The lowest BCUT2D eigenvalue weighted by molar-refractivity contribution is 0.384. The maximum absolute atomic E-state index is 12.2. The van der Waals surface area contributed by atoms with Crippen molar-refractivity contribution in [2.45, 2.75) is 33.6 Å². The Morgan fingerprint density at radius 3 is 2.33 bits per heavy atom. The number of hydrogen-bond acceptors (Lipinski definition) is 3. The third-order valence-electron chi connectivity index (χ3n) is 4.08. The van der Waals surface area contributed by atoms with Gasteiger partial charge in [0.05, 0.1) is 5.75 Å². The van der Waals surface area contributed by atoms with E-state index in [1.807, 2.05) is 6.92 Å². The van der Waals surface area contributed by atoms with E-state index in [2.05, 4.69) is 36.9 Å². The molecule has 0 bridgehead atoms. The van der Waals surface area contributed by atoms with Gasteiger partial charge in [-0.3, -0.25) is 0 Å². The topological polar surface area (TPSA) is 40.6 Å². The van der Waals surface area contributed by atoms with E-state index in [9.17, 15) is 8.42 Å². The predicted molar refractivity (Wildman–Crippen MR) is 88.4 cm³/mol. The highest BCUT2D eigenvalue weighted by Crippen LogP contribution is 2.23. The van der Waals surface area contributed by atoms with Crippen LogP contribution >= 0.6 is 0 Å². The van der Waals surface area contributed by atoms with Crippen molar-refractivity contribution in [3.05, 3.63) is 29.3 Å². The second kappa shape index (κ2) is 6.79. The van der Waals surface area contributed by atoms with Crippen molar-refractivity contribution >= 4 is 15.7 Å².